The molecule has 2 aliphatic rings. The van der Waals surface area contributed by atoms with Crippen molar-refractivity contribution in [1.82, 2.24) is 5.32 Å². The summed E-state index contributed by atoms with van der Waals surface area (Å²) in [7, 11) is -3.15. The van der Waals surface area contributed by atoms with Crippen LogP contribution in [0.5, 0.6) is 11.5 Å². The van der Waals surface area contributed by atoms with E-state index < -0.39 is 15.2 Å². The summed E-state index contributed by atoms with van der Waals surface area (Å²) in [5.74, 6) is 1.37. The van der Waals surface area contributed by atoms with Crippen molar-refractivity contribution in [3.63, 3.8) is 0 Å². The average Bonchev–Trinajstić information content (AvgIpc) is 2.85. The number of hydrogen-bond acceptors (Lipinski definition) is 6. The van der Waals surface area contributed by atoms with Gasteiger partial charge >= 0.3 is 0 Å². The summed E-state index contributed by atoms with van der Waals surface area (Å²) in [5.41, 5.74) is 0.848. The van der Waals surface area contributed by atoms with Gasteiger partial charge in [-0.05, 0) is 12.1 Å². The Morgan fingerprint density at radius 3 is 2.89 bits per heavy atom. The third-order valence-corrected chi connectivity index (χ3v) is 4.79. The van der Waals surface area contributed by atoms with Gasteiger partial charge in [0.1, 0.15) is 5.37 Å². The molecule has 0 bridgehead atoms. The number of nitrogens with zero attached hydrogens (tertiary/aromatic N) is 1. The van der Waals surface area contributed by atoms with Gasteiger partial charge in [0.25, 0.3) is 0 Å². The van der Waals surface area contributed by atoms with Crippen LogP contribution in [0.15, 0.2) is 18.2 Å². The van der Waals surface area contributed by atoms with Crippen molar-refractivity contribution in [1.29, 1.82) is 0 Å². The molecule has 6 nitrogen and oxygen atoms in total. The van der Waals surface area contributed by atoms with E-state index in [9.17, 15) is 8.42 Å². The molecule has 0 spiro atoms. The Bertz CT molecular complexity index is 587. The molecule has 1 aromatic carbocycles. The summed E-state index contributed by atoms with van der Waals surface area (Å²) < 4.78 is 34.3. The molecule has 19 heavy (non-hydrogen) atoms. The second-order valence-electron chi connectivity index (χ2n) is 4.72. The normalized spacial score (nSPS) is 22.6. The van der Waals surface area contributed by atoms with Crippen LogP contribution in [0.3, 0.4) is 0 Å². The van der Waals surface area contributed by atoms with Crippen LogP contribution in [0, 0.1) is 0 Å². The summed E-state index contributed by atoms with van der Waals surface area (Å²) in [6, 6.07) is 5.53. The molecule has 0 aromatic heterocycles. The molecule has 1 saturated heterocycles. The first-order valence-electron chi connectivity index (χ1n) is 6.11. The van der Waals surface area contributed by atoms with E-state index in [2.05, 4.69) is 5.32 Å². The van der Waals surface area contributed by atoms with Crippen LogP contribution < -0.4 is 19.7 Å². The van der Waals surface area contributed by atoms with Crippen LogP contribution in [0.2, 0.25) is 0 Å². The fourth-order valence-corrected chi connectivity index (χ4v) is 3.53. The number of rotatable bonds is 2. The molecule has 3 rings (SSSR count). The number of ether oxygens (including phenoxy) is 2. The molecular formula is C12H16N2O4S. The van der Waals surface area contributed by atoms with Crippen LogP contribution in [0.25, 0.3) is 0 Å². The molecule has 0 saturated carbocycles. The summed E-state index contributed by atoms with van der Waals surface area (Å²) in [6.07, 6.45) is 1.27. The fraction of sp³-hybridized carbons (Fsp3) is 0.500. The third-order valence-electron chi connectivity index (χ3n) is 3.38. The zero-order valence-electron chi connectivity index (χ0n) is 10.6. The topological polar surface area (TPSA) is 67.9 Å². The highest BCUT2D eigenvalue weighted by molar-refractivity contribution is 7.91. The number of anilines is 1. The van der Waals surface area contributed by atoms with Crippen LogP contribution in [-0.2, 0) is 9.84 Å². The molecule has 1 atom stereocenters. The molecule has 1 N–H and O–H groups in total. The minimum absolute atomic E-state index is 0.218. The average molecular weight is 284 g/mol. The second kappa shape index (κ2) is 4.57. The first-order chi connectivity index (χ1) is 9.05. The predicted molar refractivity (Wildman–Crippen MR) is 71.4 cm³/mol. The van der Waals surface area contributed by atoms with Gasteiger partial charge in [-0.25, -0.2) is 8.42 Å². The Hall–Kier alpha value is -1.47. The van der Waals surface area contributed by atoms with E-state index in [1.54, 1.807) is 0 Å². The zero-order valence-corrected chi connectivity index (χ0v) is 11.4. The number of sulfone groups is 1. The van der Waals surface area contributed by atoms with E-state index in [0.29, 0.717) is 24.6 Å². The zero-order chi connectivity index (χ0) is 13.5. The smallest absolute Gasteiger partial charge is 0.231 e. The van der Waals surface area contributed by atoms with Crippen LogP contribution in [-0.4, -0.2) is 46.5 Å². The highest BCUT2D eigenvalue weighted by Gasteiger charge is 2.31. The van der Waals surface area contributed by atoms with Gasteiger partial charge in [-0.1, -0.05) is 0 Å². The molecule has 1 aromatic rings. The van der Waals surface area contributed by atoms with E-state index in [4.69, 9.17) is 9.47 Å². The molecule has 1 fully saturated rings. The Labute approximate surface area is 112 Å². The maximum atomic E-state index is 11.9. The SMILES string of the molecule is CS(=O)(=O)C1CNCCN1c1ccc2c(c1)OCO2. The molecule has 104 valence electrons. The largest absolute Gasteiger partial charge is 0.454 e. The van der Waals surface area contributed by atoms with Gasteiger partial charge in [0.05, 0.1) is 0 Å². The number of benzene rings is 1. The number of nitrogens with one attached hydrogen (secondary N) is 1. The standard InChI is InChI=1S/C12H16N2O4S/c1-19(15,16)12-7-13-4-5-14(12)9-2-3-10-11(6-9)18-8-17-10/h2-3,6,12-13H,4-5,7-8H2,1H3. The molecule has 2 aliphatic heterocycles. The van der Waals surface area contributed by atoms with Crippen molar-refractivity contribution >= 4 is 15.5 Å². The van der Waals surface area contributed by atoms with Crippen molar-refractivity contribution < 1.29 is 17.9 Å². The third kappa shape index (κ3) is 2.35. The van der Waals surface area contributed by atoms with E-state index in [1.165, 1.54) is 6.26 Å². The Morgan fingerprint density at radius 1 is 1.32 bits per heavy atom. The predicted octanol–water partition coefficient (Wildman–Crippen LogP) is 0.196. The Balaban J connectivity index is 1.95. The van der Waals surface area contributed by atoms with Gasteiger partial charge in [-0.2, -0.15) is 0 Å². The van der Waals surface area contributed by atoms with Gasteiger partial charge in [0.15, 0.2) is 21.3 Å². The van der Waals surface area contributed by atoms with E-state index in [-0.39, 0.29) is 6.79 Å². The number of fused-ring (bicyclic) bond motifs is 1. The Kier molecular flexibility index (Phi) is 3.02. The van der Waals surface area contributed by atoms with Gasteiger partial charge in [0.2, 0.25) is 6.79 Å². The summed E-state index contributed by atoms with van der Waals surface area (Å²) in [6.45, 7) is 2.07. The minimum atomic E-state index is -3.15. The minimum Gasteiger partial charge on any atom is -0.454 e. The van der Waals surface area contributed by atoms with Crippen molar-refractivity contribution in [2.45, 2.75) is 5.37 Å². The van der Waals surface area contributed by atoms with Crippen molar-refractivity contribution in [3.8, 4) is 11.5 Å². The Morgan fingerprint density at radius 2 is 2.11 bits per heavy atom. The summed E-state index contributed by atoms with van der Waals surface area (Å²) in [4.78, 5) is 1.90. The molecule has 0 radical (unpaired) electrons. The van der Waals surface area contributed by atoms with Gasteiger partial charge < -0.3 is 19.7 Å². The van der Waals surface area contributed by atoms with Gasteiger partial charge in [0, 0.05) is 37.6 Å². The van der Waals surface area contributed by atoms with Crippen LogP contribution in [0.4, 0.5) is 5.69 Å². The summed E-state index contributed by atoms with van der Waals surface area (Å²) in [5, 5.41) is 2.58. The lowest BCUT2D eigenvalue weighted by Gasteiger charge is -2.36. The number of piperazine rings is 1. The van der Waals surface area contributed by atoms with Crippen LogP contribution in [0.1, 0.15) is 0 Å². The first kappa shape index (κ1) is 12.6. The van der Waals surface area contributed by atoms with Crippen molar-refractivity contribution in [2.75, 3.05) is 37.6 Å². The highest BCUT2D eigenvalue weighted by atomic mass is 32.2. The quantitative estimate of drug-likeness (QED) is 0.836. The summed E-state index contributed by atoms with van der Waals surface area (Å²) >= 11 is 0. The fourth-order valence-electron chi connectivity index (χ4n) is 2.42. The lowest BCUT2D eigenvalue weighted by molar-refractivity contribution is 0.174. The molecule has 0 aliphatic carbocycles. The molecular weight excluding hydrogens is 268 g/mol. The van der Waals surface area contributed by atoms with Gasteiger partial charge in [-0.3, -0.25) is 0 Å². The lowest BCUT2D eigenvalue weighted by Crippen LogP contribution is -2.54. The van der Waals surface area contributed by atoms with Crippen LogP contribution >= 0.6 is 0 Å². The number of hydrogen-bond donors (Lipinski definition) is 1. The molecule has 0 amide bonds. The second-order valence-corrected chi connectivity index (χ2v) is 6.92. The first-order valence-corrected chi connectivity index (χ1v) is 8.07. The molecule has 2 heterocycles. The van der Waals surface area contributed by atoms with Gasteiger partial charge in [-0.15, -0.1) is 0 Å². The maximum Gasteiger partial charge on any atom is 0.231 e. The van der Waals surface area contributed by atoms with Crippen molar-refractivity contribution in [3.05, 3.63) is 18.2 Å². The highest BCUT2D eigenvalue weighted by Crippen LogP contribution is 2.36. The van der Waals surface area contributed by atoms with E-state index in [1.807, 2.05) is 23.1 Å². The molecule has 1 unspecified atom stereocenters. The lowest BCUT2D eigenvalue weighted by atomic mass is 10.2. The monoisotopic (exact) mass is 284 g/mol. The maximum absolute atomic E-state index is 11.9. The van der Waals surface area contributed by atoms with Crippen molar-refractivity contribution in [2.24, 2.45) is 0 Å². The van der Waals surface area contributed by atoms with E-state index >= 15 is 0 Å². The molecule has 7 heteroatoms. The van der Waals surface area contributed by atoms with E-state index in [0.717, 1.165) is 12.2 Å².